The topological polar surface area (TPSA) is 85.3 Å². The molecule has 7 nitrogen and oxygen atoms in total. The van der Waals surface area contributed by atoms with Crippen molar-refractivity contribution in [2.24, 2.45) is 17.3 Å². The summed E-state index contributed by atoms with van der Waals surface area (Å²) in [5.41, 5.74) is -0.494. The summed E-state index contributed by atoms with van der Waals surface area (Å²) in [7, 11) is 3.12. The van der Waals surface area contributed by atoms with E-state index >= 15 is 0 Å². The van der Waals surface area contributed by atoms with Gasteiger partial charge in [0.05, 0.1) is 6.10 Å². The molecule has 0 aliphatic carbocycles. The Kier molecular flexibility index (Phi) is 9.89. The maximum absolute atomic E-state index is 13.0. The molecule has 5 atom stereocenters. The van der Waals surface area contributed by atoms with Crippen LogP contribution in [0, 0.1) is 17.3 Å². The highest BCUT2D eigenvalue weighted by Gasteiger charge is 2.43. The molecule has 1 fully saturated rings. The van der Waals surface area contributed by atoms with E-state index in [1.54, 1.807) is 7.11 Å². The van der Waals surface area contributed by atoms with Crippen LogP contribution >= 0.6 is 0 Å². The molecular formula is C22H41NO6. The zero-order valence-electron chi connectivity index (χ0n) is 19.4. The molecule has 7 heteroatoms. The van der Waals surface area contributed by atoms with E-state index in [0.29, 0.717) is 12.3 Å². The van der Waals surface area contributed by atoms with Gasteiger partial charge in [0, 0.05) is 19.6 Å². The second-order valence-corrected chi connectivity index (χ2v) is 9.66. The minimum Gasteiger partial charge on any atom is -0.465 e. The number of amides is 1. The van der Waals surface area contributed by atoms with Crippen LogP contribution in [0.3, 0.4) is 0 Å². The Labute approximate surface area is 176 Å². The maximum Gasteiger partial charge on any atom is 0.410 e. The highest BCUT2D eigenvalue weighted by molar-refractivity contribution is 5.81. The van der Waals surface area contributed by atoms with E-state index in [-0.39, 0.29) is 12.0 Å². The highest BCUT2D eigenvalue weighted by atomic mass is 16.6. The third-order valence-electron chi connectivity index (χ3n) is 5.71. The van der Waals surface area contributed by atoms with Crippen molar-refractivity contribution in [1.29, 1.82) is 0 Å². The standard InChI is InChI=1S/C22H41NO6/c1-14(2)12-13-16-10-9-11-17(19(24)29-15(3)18(16)27-7)23(21(25)26)20(28-8)22(4,5)6/h14-18,20H,9-13H2,1-8H3,(H,25,26)/t15-,16+,17-,18-,20?/m0/s1. The third-order valence-corrected chi connectivity index (χ3v) is 5.71. The molecule has 0 spiro atoms. The van der Waals surface area contributed by atoms with E-state index in [2.05, 4.69) is 13.8 Å². The summed E-state index contributed by atoms with van der Waals surface area (Å²) in [6, 6.07) is -0.902. The number of carboxylic acid groups (broad SMARTS) is 1. The largest absolute Gasteiger partial charge is 0.465 e. The Bertz CT molecular complexity index is 530. The minimum atomic E-state index is -1.18. The number of cyclic esters (lactones) is 1. The van der Waals surface area contributed by atoms with Gasteiger partial charge in [0.2, 0.25) is 0 Å². The number of rotatable bonds is 7. The summed E-state index contributed by atoms with van der Waals surface area (Å²) >= 11 is 0. The number of hydrogen-bond donors (Lipinski definition) is 1. The average Bonchev–Trinajstić information content (AvgIpc) is 2.64. The molecule has 0 saturated carbocycles. The predicted molar refractivity (Wildman–Crippen MR) is 112 cm³/mol. The van der Waals surface area contributed by atoms with E-state index < -0.39 is 35.9 Å². The number of nitrogens with zero attached hydrogens (tertiary/aromatic N) is 1. The molecule has 1 heterocycles. The molecule has 0 aromatic rings. The molecule has 0 radical (unpaired) electrons. The van der Waals surface area contributed by atoms with Gasteiger partial charge >= 0.3 is 12.1 Å². The molecule has 1 N–H and O–H groups in total. The SMILES string of the molecule is COC(N(C(=O)O)[C@H]1CCC[C@H](CCC(C)C)[C@@H](OC)[C@H](C)OC1=O)C(C)(C)C. The lowest BCUT2D eigenvalue weighted by molar-refractivity contribution is -0.170. The summed E-state index contributed by atoms with van der Waals surface area (Å²) in [5.74, 6) is 0.323. The molecular weight excluding hydrogens is 374 g/mol. The van der Waals surface area contributed by atoms with Crippen molar-refractivity contribution in [1.82, 2.24) is 4.90 Å². The Hall–Kier alpha value is -1.34. The fourth-order valence-corrected chi connectivity index (χ4v) is 4.34. The van der Waals surface area contributed by atoms with Crippen LogP contribution in [0.2, 0.25) is 0 Å². The quantitative estimate of drug-likeness (QED) is 0.485. The molecule has 1 aliphatic heterocycles. The van der Waals surface area contributed by atoms with Gasteiger partial charge in [-0.05, 0) is 38.0 Å². The van der Waals surface area contributed by atoms with Gasteiger partial charge in [-0.3, -0.25) is 4.90 Å². The highest BCUT2D eigenvalue weighted by Crippen LogP contribution is 2.32. The van der Waals surface area contributed by atoms with E-state index in [4.69, 9.17) is 14.2 Å². The minimum absolute atomic E-state index is 0.199. The van der Waals surface area contributed by atoms with E-state index in [9.17, 15) is 14.7 Å². The number of hydrogen-bond acceptors (Lipinski definition) is 5. The van der Waals surface area contributed by atoms with Crippen molar-refractivity contribution in [3.05, 3.63) is 0 Å². The number of esters is 1. The number of ether oxygens (including phenoxy) is 3. The Morgan fingerprint density at radius 2 is 1.90 bits per heavy atom. The van der Waals surface area contributed by atoms with Crippen LogP contribution in [-0.2, 0) is 19.0 Å². The molecule has 1 rings (SSSR count). The molecule has 1 aliphatic rings. The summed E-state index contributed by atoms with van der Waals surface area (Å²) in [5, 5.41) is 9.92. The van der Waals surface area contributed by atoms with Gasteiger partial charge in [0.15, 0.2) is 0 Å². The van der Waals surface area contributed by atoms with Gasteiger partial charge in [0.1, 0.15) is 18.4 Å². The molecule has 170 valence electrons. The molecule has 0 aromatic heterocycles. The smallest absolute Gasteiger partial charge is 0.410 e. The lowest BCUT2D eigenvalue weighted by Gasteiger charge is -2.40. The van der Waals surface area contributed by atoms with Gasteiger partial charge < -0.3 is 19.3 Å². The van der Waals surface area contributed by atoms with Crippen molar-refractivity contribution >= 4 is 12.1 Å². The Morgan fingerprint density at radius 3 is 2.34 bits per heavy atom. The van der Waals surface area contributed by atoms with E-state index in [1.165, 1.54) is 7.11 Å². The fraction of sp³-hybridized carbons (Fsp3) is 0.909. The van der Waals surface area contributed by atoms with Gasteiger partial charge in [-0.25, -0.2) is 9.59 Å². The zero-order valence-corrected chi connectivity index (χ0v) is 19.4. The number of carbonyl (C=O) groups is 2. The van der Waals surface area contributed by atoms with Gasteiger partial charge in [-0.1, -0.05) is 47.5 Å². The first-order valence-corrected chi connectivity index (χ1v) is 10.7. The summed E-state index contributed by atoms with van der Waals surface area (Å²) in [6.07, 6.45) is 1.47. The van der Waals surface area contributed by atoms with E-state index in [0.717, 1.165) is 30.6 Å². The molecule has 0 bridgehead atoms. The molecule has 0 aromatic carbocycles. The van der Waals surface area contributed by atoms with Gasteiger partial charge in [-0.2, -0.15) is 0 Å². The van der Waals surface area contributed by atoms with Crippen LogP contribution in [-0.4, -0.2) is 60.8 Å². The van der Waals surface area contributed by atoms with Crippen molar-refractivity contribution in [2.75, 3.05) is 14.2 Å². The van der Waals surface area contributed by atoms with Crippen LogP contribution in [0.5, 0.6) is 0 Å². The summed E-state index contributed by atoms with van der Waals surface area (Å²) in [6.45, 7) is 11.9. The maximum atomic E-state index is 13.0. The lowest BCUT2D eigenvalue weighted by Crippen LogP contribution is -2.56. The third kappa shape index (κ3) is 7.14. The first-order chi connectivity index (χ1) is 13.4. The van der Waals surface area contributed by atoms with Crippen molar-refractivity contribution in [2.45, 2.75) is 98.1 Å². The van der Waals surface area contributed by atoms with Crippen LogP contribution < -0.4 is 0 Å². The Morgan fingerprint density at radius 1 is 1.28 bits per heavy atom. The molecule has 29 heavy (non-hydrogen) atoms. The second-order valence-electron chi connectivity index (χ2n) is 9.66. The van der Waals surface area contributed by atoms with Crippen molar-refractivity contribution < 1.29 is 28.9 Å². The molecule has 1 amide bonds. The summed E-state index contributed by atoms with van der Waals surface area (Å²) < 4.78 is 17.0. The van der Waals surface area contributed by atoms with Crippen LogP contribution in [0.25, 0.3) is 0 Å². The molecule has 1 saturated heterocycles. The van der Waals surface area contributed by atoms with Crippen LogP contribution in [0.15, 0.2) is 0 Å². The molecule has 1 unspecified atom stereocenters. The number of methoxy groups -OCH3 is 2. The second kappa shape index (κ2) is 11.2. The lowest BCUT2D eigenvalue weighted by atomic mass is 9.86. The monoisotopic (exact) mass is 415 g/mol. The predicted octanol–water partition coefficient (Wildman–Crippen LogP) is 4.54. The van der Waals surface area contributed by atoms with Crippen molar-refractivity contribution in [3.8, 4) is 0 Å². The summed E-state index contributed by atoms with van der Waals surface area (Å²) in [4.78, 5) is 26.3. The van der Waals surface area contributed by atoms with Gasteiger partial charge in [-0.15, -0.1) is 0 Å². The first kappa shape index (κ1) is 25.7. The van der Waals surface area contributed by atoms with E-state index in [1.807, 2.05) is 27.7 Å². The van der Waals surface area contributed by atoms with Gasteiger partial charge in [0.25, 0.3) is 0 Å². The van der Waals surface area contributed by atoms with Crippen LogP contribution in [0.4, 0.5) is 4.79 Å². The first-order valence-electron chi connectivity index (χ1n) is 10.7. The fourth-order valence-electron chi connectivity index (χ4n) is 4.34. The van der Waals surface area contributed by atoms with Crippen molar-refractivity contribution in [3.63, 3.8) is 0 Å². The Balaban J connectivity index is 3.16. The zero-order chi connectivity index (χ0) is 22.4. The normalized spacial score (nSPS) is 27.6. The number of carbonyl (C=O) groups excluding carboxylic acids is 1. The average molecular weight is 416 g/mol. The van der Waals surface area contributed by atoms with Crippen LogP contribution in [0.1, 0.15) is 73.6 Å².